The van der Waals surface area contributed by atoms with Gasteiger partial charge in [-0.15, -0.1) is 0 Å². The Morgan fingerprint density at radius 2 is 2.41 bits per heavy atom. The number of rotatable bonds is 3. The molecule has 2 fully saturated rings. The van der Waals surface area contributed by atoms with Crippen molar-refractivity contribution < 1.29 is 13.9 Å². The Hall–Kier alpha value is -2.08. The van der Waals surface area contributed by atoms with E-state index in [1.165, 1.54) is 13.0 Å². The largest absolute Gasteiger partial charge is 0.480 e. The Kier molecular flexibility index (Phi) is 3.26. The zero-order chi connectivity index (χ0) is 15.1. The fraction of sp³-hybridized carbons (Fsp3) is 0.500. The third-order valence-corrected chi connectivity index (χ3v) is 4.64. The molecule has 2 saturated heterocycles. The van der Waals surface area contributed by atoms with E-state index < -0.39 is 0 Å². The summed E-state index contributed by atoms with van der Waals surface area (Å²) in [6.45, 7) is 3.26. The molecule has 1 N–H and O–H groups in total. The highest BCUT2D eigenvalue weighted by atomic mass is 16.5. The molecule has 2 aliphatic rings. The predicted molar refractivity (Wildman–Crippen MR) is 81.0 cm³/mol. The van der Waals surface area contributed by atoms with E-state index in [4.69, 9.17) is 9.15 Å². The van der Waals surface area contributed by atoms with Crippen molar-refractivity contribution in [3.05, 3.63) is 24.1 Å². The van der Waals surface area contributed by atoms with Gasteiger partial charge < -0.3 is 19.4 Å². The van der Waals surface area contributed by atoms with Gasteiger partial charge in [0.25, 0.3) is 5.91 Å². The summed E-state index contributed by atoms with van der Waals surface area (Å²) < 4.78 is 10.6. The number of carbonyl (C=O) groups is 1. The number of methoxy groups -OCH3 is 1. The molecule has 0 aromatic carbocycles. The summed E-state index contributed by atoms with van der Waals surface area (Å²) in [6, 6.07) is 3.66. The monoisotopic (exact) mass is 301 g/mol. The van der Waals surface area contributed by atoms with E-state index in [0.29, 0.717) is 23.1 Å². The topological polar surface area (TPSA) is 67.6 Å². The van der Waals surface area contributed by atoms with Gasteiger partial charge in [-0.05, 0) is 31.4 Å². The van der Waals surface area contributed by atoms with Gasteiger partial charge in [-0.25, -0.2) is 4.98 Å². The number of hydrogen-bond donors (Lipinski definition) is 1. The Labute approximate surface area is 128 Å². The van der Waals surface area contributed by atoms with E-state index in [0.717, 1.165) is 24.9 Å². The van der Waals surface area contributed by atoms with Crippen LogP contribution in [-0.2, 0) is 0 Å². The third kappa shape index (κ3) is 2.33. The van der Waals surface area contributed by atoms with Crippen molar-refractivity contribution in [2.45, 2.75) is 18.9 Å². The molecule has 2 bridgehead atoms. The number of amides is 1. The molecule has 22 heavy (non-hydrogen) atoms. The molecule has 0 spiro atoms. The molecule has 3 atom stereocenters. The van der Waals surface area contributed by atoms with Gasteiger partial charge in [-0.3, -0.25) is 4.79 Å². The van der Waals surface area contributed by atoms with Gasteiger partial charge in [0, 0.05) is 25.2 Å². The Morgan fingerprint density at radius 3 is 3.23 bits per heavy atom. The molecule has 2 aromatic heterocycles. The fourth-order valence-corrected chi connectivity index (χ4v) is 3.63. The molecule has 4 heterocycles. The predicted octanol–water partition coefficient (Wildman–Crippen LogP) is 1.66. The minimum atomic E-state index is -0.163. The van der Waals surface area contributed by atoms with E-state index in [-0.39, 0.29) is 11.9 Å². The molecular formula is C16H19N3O3. The highest BCUT2D eigenvalue weighted by Gasteiger charge is 2.33. The molecule has 2 aliphatic heterocycles. The molecule has 0 radical (unpaired) electrons. The second kappa shape index (κ2) is 5.28. The molecule has 1 unspecified atom stereocenters. The minimum Gasteiger partial charge on any atom is -0.480 e. The summed E-state index contributed by atoms with van der Waals surface area (Å²) >= 11 is 0. The van der Waals surface area contributed by atoms with Crippen molar-refractivity contribution in [2.24, 2.45) is 5.92 Å². The number of aromatic nitrogens is 1. The van der Waals surface area contributed by atoms with Crippen molar-refractivity contribution in [3.8, 4) is 5.88 Å². The van der Waals surface area contributed by atoms with Crippen molar-refractivity contribution in [1.82, 2.24) is 15.2 Å². The first-order chi connectivity index (χ1) is 10.7. The quantitative estimate of drug-likeness (QED) is 0.934. The van der Waals surface area contributed by atoms with Gasteiger partial charge in [0.15, 0.2) is 0 Å². The smallest absolute Gasteiger partial charge is 0.270 e. The van der Waals surface area contributed by atoms with Crippen LogP contribution < -0.4 is 10.1 Å². The van der Waals surface area contributed by atoms with E-state index in [1.807, 2.05) is 0 Å². The number of furan rings is 1. The maximum atomic E-state index is 12.5. The zero-order valence-corrected chi connectivity index (χ0v) is 12.5. The van der Waals surface area contributed by atoms with Crippen LogP contribution in [-0.4, -0.2) is 48.6 Å². The van der Waals surface area contributed by atoms with Crippen LogP contribution in [0.15, 0.2) is 22.8 Å². The van der Waals surface area contributed by atoms with Crippen molar-refractivity contribution in [3.63, 3.8) is 0 Å². The number of hydrogen-bond acceptors (Lipinski definition) is 5. The summed E-state index contributed by atoms with van der Waals surface area (Å²) in [6.07, 6.45) is 3.88. The molecule has 6 nitrogen and oxygen atoms in total. The third-order valence-electron chi connectivity index (χ3n) is 4.64. The van der Waals surface area contributed by atoms with Gasteiger partial charge >= 0.3 is 0 Å². The first-order valence-electron chi connectivity index (χ1n) is 7.68. The number of nitrogens with zero attached hydrogens (tertiary/aromatic N) is 2. The van der Waals surface area contributed by atoms with E-state index in [2.05, 4.69) is 15.2 Å². The molecule has 1 amide bonds. The summed E-state index contributed by atoms with van der Waals surface area (Å²) in [7, 11) is 1.54. The fourth-order valence-electron chi connectivity index (χ4n) is 3.63. The van der Waals surface area contributed by atoms with Crippen molar-refractivity contribution in [1.29, 1.82) is 0 Å². The number of pyridine rings is 1. The van der Waals surface area contributed by atoms with Crippen molar-refractivity contribution >= 4 is 16.9 Å². The number of nitrogens with one attached hydrogen (secondary N) is 1. The van der Waals surface area contributed by atoms with Crippen LogP contribution >= 0.6 is 0 Å². The highest BCUT2D eigenvalue weighted by molar-refractivity contribution is 5.96. The lowest BCUT2D eigenvalue weighted by Crippen LogP contribution is -2.47. The first-order valence-corrected chi connectivity index (χ1v) is 7.68. The normalized spacial score (nSPS) is 27.0. The Balaban J connectivity index is 1.55. The second-order valence-corrected chi connectivity index (χ2v) is 6.17. The minimum absolute atomic E-state index is 0.163. The first kappa shape index (κ1) is 13.6. The molecular weight excluding hydrogens is 282 g/mol. The molecule has 4 rings (SSSR count). The van der Waals surface area contributed by atoms with Crippen LogP contribution in [0.5, 0.6) is 5.88 Å². The second-order valence-electron chi connectivity index (χ2n) is 6.17. The maximum Gasteiger partial charge on any atom is 0.270 e. The standard InChI is InChI=1S/C16H19N3O3/c1-21-16-12-3-5-22-14(12)7-13(18-16)15(20)17-11-6-10-2-4-19(8-10)9-11/h3,5,7,10-11H,2,4,6,8-9H2,1H3,(H,17,20)/t10-,11+/m0/s1. The maximum absolute atomic E-state index is 12.5. The Morgan fingerprint density at radius 1 is 1.50 bits per heavy atom. The van der Waals surface area contributed by atoms with E-state index >= 15 is 0 Å². The average molecular weight is 301 g/mol. The summed E-state index contributed by atoms with van der Waals surface area (Å²) in [5.74, 6) is 0.974. The van der Waals surface area contributed by atoms with Crippen LogP contribution in [0.3, 0.4) is 0 Å². The van der Waals surface area contributed by atoms with Crippen LogP contribution in [0.1, 0.15) is 23.3 Å². The number of ether oxygens (including phenoxy) is 1. The van der Waals surface area contributed by atoms with Crippen LogP contribution in [0.4, 0.5) is 0 Å². The van der Waals surface area contributed by atoms with Crippen molar-refractivity contribution in [2.75, 3.05) is 26.7 Å². The van der Waals surface area contributed by atoms with Gasteiger partial charge in [0.05, 0.1) is 18.8 Å². The highest BCUT2D eigenvalue weighted by Crippen LogP contribution is 2.28. The molecule has 2 aromatic rings. The van der Waals surface area contributed by atoms with Gasteiger partial charge in [0.1, 0.15) is 11.3 Å². The van der Waals surface area contributed by atoms with E-state index in [1.54, 1.807) is 25.5 Å². The molecule has 0 saturated carbocycles. The van der Waals surface area contributed by atoms with Gasteiger partial charge in [-0.2, -0.15) is 0 Å². The summed E-state index contributed by atoms with van der Waals surface area (Å²) in [5.41, 5.74) is 0.955. The molecule has 0 aliphatic carbocycles. The Bertz CT molecular complexity index is 700. The summed E-state index contributed by atoms with van der Waals surface area (Å²) in [4.78, 5) is 19.2. The lowest BCUT2D eigenvalue weighted by Gasteiger charge is -2.30. The van der Waals surface area contributed by atoms with Crippen LogP contribution in [0.25, 0.3) is 11.0 Å². The molecule has 6 heteroatoms. The number of carbonyl (C=O) groups excluding carboxylic acids is 1. The summed E-state index contributed by atoms with van der Waals surface area (Å²) in [5, 5.41) is 3.88. The van der Waals surface area contributed by atoms with Gasteiger partial charge in [-0.1, -0.05) is 0 Å². The average Bonchev–Trinajstić information content (AvgIpc) is 3.12. The van der Waals surface area contributed by atoms with E-state index in [9.17, 15) is 4.79 Å². The lowest BCUT2D eigenvalue weighted by molar-refractivity contribution is 0.0903. The number of fused-ring (bicyclic) bond motifs is 3. The lowest BCUT2D eigenvalue weighted by atomic mass is 9.97. The molecule has 116 valence electrons. The van der Waals surface area contributed by atoms with Gasteiger partial charge in [0.2, 0.25) is 5.88 Å². The van der Waals surface area contributed by atoms with Crippen LogP contribution in [0, 0.1) is 5.92 Å². The number of piperidine rings is 1. The zero-order valence-electron chi connectivity index (χ0n) is 12.5. The SMILES string of the molecule is COc1nc(C(=O)N[C@@H]2C[C@@H]3CCN(C3)C2)cc2occc12. The van der Waals surface area contributed by atoms with Crippen LogP contribution in [0.2, 0.25) is 0 Å².